The van der Waals surface area contributed by atoms with Crippen molar-refractivity contribution in [2.24, 2.45) is 17.6 Å². The van der Waals surface area contributed by atoms with E-state index in [0.29, 0.717) is 5.54 Å². The Labute approximate surface area is 132 Å². The third kappa shape index (κ3) is 4.43. The topological polar surface area (TPSA) is 32.5 Å². The second-order valence-corrected chi connectivity index (χ2v) is 7.82. The van der Waals surface area contributed by atoms with Crippen LogP contribution in [0.1, 0.15) is 59.3 Å². The summed E-state index contributed by atoms with van der Waals surface area (Å²) in [5, 5.41) is 0. The zero-order valence-electron chi connectivity index (χ0n) is 14.6. The molecule has 21 heavy (non-hydrogen) atoms. The minimum absolute atomic E-state index is 0.313. The summed E-state index contributed by atoms with van der Waals surface area (Å²) in [6, 6.07) is 0. The second kappa shape index (κ2) is 7.94. The van der Waals surface area contributed by atoms with Gasteiger partial charge in [-0.05, 0) is 31.1 Å². The Hall–Kier alpha value is -0.120. The maximum absolute atomic E-state index is 6.29. The van der Waals surface area contributed by atoms with Gasteiger partial charge in [0.25, 0.3) is 0 Å². The first-order chi connectivity index (χ1) is 10.1. The van der Waals surface area contributed by atoms with Crippen LogP contribution in [0.25, 0.3) is 0 Å². The normalized spacial score (nSPS) is 33.3. The first-order valence-electron chi connectivity index (χ1n) is 9.27. The predicted octanol–water partition coefficient (Wildman–Crippen LogP) is 2.95. The van der Waals surface area contributed by atoms with Gasteiger partial charge in [0.15, 0.2) is 0 Å². The van der Waals surface area contributed by atoms with Crippen molar-refractivity contribution in [1.29, 1.82) is 0 Å². The molecule has 3 nitrogen and oxygen atoms in total. The van der Waals surface area contributed by atoms with Crippen molar-refractivity contribution in [1.82, 2.24) is 9.80 Å². The monoisotopic (exact) mass is 295 g/mol. The molecule has 2 fully saturated rings. The van der Waals surface area contributed by atoms with Crippen LogP contribution < -0.4 is 5.73 Å². The Morgan fingerprint density at radius 3 is 2.38 bits per heavy atom. The van der Waals surface area contributed by atoms with Gasteiger partial charge in [0.2, 0.25) is 0 Å². The van der Waals surface area contributed by atoms with Crippen LogP contribution in [0.4, 0.5) is 0 Å². The van der Waals surface area contributed by atoms with E-state index in [-0.39, 0.29) is 0 Å². The molecule has 0 aromatic carbocycles. The first kappa shape index (κ1) is 17.2. The van der Waals surface area contributed by atoms with Crippen LogP contribution in [0.5, 0.6) is 0 Å². The lowest BCUT2D eigenvalue weighted by molar-refractivity contribution is 0.0225. The zero-order valence-corrected chi connectivity index (χ0v) is 14.6. The molecular weight excluding hydrogens is 258 g/mol. The summed E-state index contributed by atoms with van der Waals surface area (Å²) in [4.78, 5) is 5.39. The van der Waals surface area contributed by atoms with Gasteiger partial charge in [-0.3, -0.25) is 4.90 Å². The van der Waals surface area contributed by atoms with Crippen molar-refractivity contribution >= 4 is 0 Å². The van der Waals surface area contributed by atoms with E-state index in [1.165, 1.54) is 71.2 Å². The lowest BCUT2D eigenvalue weighted by Crippen LogP contribution is -2.60. The molecule has 2 atom stereocenters. The van der Waals surface area contributed by atoms with E-state index in [0.717, 1.165) is 18.4 Å². The average molecular weight is 296 g/mol. The van der Waals surface area contributed by atoms with Crippen LogP contribution >= 0.6 is 0 Å². The number of rotatable bonds is 5. The molecule has 0 aromatic rings. The van der Waals surface area contributed by atoms with Crippen molar-refractivity contribution in [2.45, 2.75) is 64.8 Å². The minimum atomic E-state index is 0.313. The highest BCUT2D eigenvalue weighted by molar-refractivity contribution is 4.96. The zero-order chi connectivity index (χ0) is 15.3. The lowest BCUT2D eigenvalue weighted by atomic mass is 9.86. The molecule has 1 aliphatic heterocycles. The molecule has 0 amide bonds. The standard InChI is InChI=1S/C18H37N3/c1-4-17-6-5-8-18(15-19,9-7-17)21-12-10-20(11-13-21)14-16(2)3/h16-17H,4-15,19H2,1-3H3. The summed E-state index contributed by atoms with van der Waals surface area (Å²) in [6.45, 7) is 14.0. The van der Waals surface area contributed by atoms with E-state index in [1.54, 1.807) is 0 Å². The van der Waals surface area contributed by atoms with Gasteiger partial charge in [-0.15, -0.1) is 0 Å². The Bertz CT molecular complexity index is 297. The highest BCUT2D eigenvalue weighted by Crippen LogP contribution is 2.36. The molecule has 0 aromatic heterocycles. The molecule has 1 saturated heterocycles. The van der Waals surface area contributed by atoms with Crippen LogP contribution in [-0.4, -0.2) is 54.6 Å². The number of piperazine rings is 1. The van der Waals surface area contributed by atoms with Crippen molar-refractivity contribution in [3.8, 4) is 0 Å². The molecule has 1 aliphatic carbocycles. The largest absolute Gasteiger partial charge is 0.329 e. The van der Waals surface area contributed by atoms with Crippen LogP contribution in [0.3, 0.4) is 0 Å². The third-order valence-corrected chi connectivity index (χ3v) is 5.90. The second-order valence-electron chi connectivity index (χ2n) is 7.82. The molecule has 2 rings (SSSR count). The fourth-order valence-electron chi connectivity index (χ4n) is 4.44. The van der Waals surface area contributed by atoms with Crippen LogP contribution in [0.15, 0.2) is 0 Å². The van der Waals surface area contributed by atoms with Crippen molar-refractivity contribution in [3.05, 3.63) is 0 Å². The smallest absolute Gasteiger partial charge is 0.0332 e. The Morgan fingerprint density at radius 1 is 1.10 bits per heavy atom. The number of nitrogens with zero attached hydrogens (tertiary/aromatic N) is 2. The summed E-state index contributed by atoms with van der Waals surface area (Å²) in [5.74, 6) is 1.73. The van der Waals surface area contributed by atoms with Gasteiger partial charge in [-0.2, -0.15) is 0 Å². The minimum Gasteiger partial charge on any atom is -0.329 e. The number of hydrogen-bond acceptors (Lipinski definition) is 3. The van der Waals surface area contributed by atoms with Gasteiger partial charge in [0.1, 0.15) is 0 Å². The van der Waals surface area contributed by atoms with Gasteiger partial charge < -0.3 is 10.6 Å². The summed E-state index contributed by atoms with van der Waals surface area (Å²) >= 11 is 0. The van der Waals surface area contributed by atoms with Gasteiger partial charge in [-0.25, -0.2) is 0 Å². The number of nitrogens with two attached hydrogens (primary N) is 1. The molecule has 0 spiro atoms. The Kier molecular flexibility index (Phi) is 6.51. The number of hydrogen-bond donors (Lipinski definition) is 1. The summed E-state index contributed by atoms with van der Waals surface area (Å²) in [7, 11) is 0. The van der Waals surface area contributed by atoms with Crippen molar-refractivity contribution in [3.63, 3.8) is 0 Å². The van der Waals surface area contributed by atoms with Crippen LogP contribution in [0, 0.1) is 11.8 Å². The van der Waals surface area contributed by atoms with E-state index in [1.807, 2.05) is 0 Å². The molecule has 0 radical (unpaired) electrons. The predicted molar refractivity (Wildman–Crippen MR) is 91.5 cm³/mol. The van der Waals surface area contributed by atoms with Crippen LogP contribution in [0.2, 0.25) is 0 Å². The summed E-state index contributed by atoms with van der Waals surface area (Å²) in [6.07, 6.45) is 8.19. The molecule has 0 bridgehead atoms. The molecule has 2 aliphatic rings. The van der Waals surface area contributed by atoms with Crippen molar-refractivity contribution in [2.75, 3.05) is 39.3 Å². The highest BCUT2D eigenvalue weighted by Gasteiger charge is 2.38. The van der Waals surface area contributed by atoms with Crippen LogP contribution in [-0.2, 0) is 0 Å². The summed E-state index contributed by atoms with van der Waals surface area (Å²) < 4.78 is 0. The van der Waals surface area contributed by atoms with E-state index < -0.39 is 0 Å². The SMILES string of the molecule is CCC1CCCC(CN)(N2CCN(CC(C)C)CC2)CC1. The summed E-state index contributed by atoms with van der Waals surface area (Å²) in [5.41, 5.74) is 6.60. The Balaban J connectivity index is 1.92. The first-order valence-corrected chi connectivity index (χ1v) is 9.27. The lowest BCUT2D eigenvalue weighted by Gasteiger charge is -2.47. The molecule has 3 heteroatoms. The maximum Gasteiger partial charge on any atom is 0.0332 e. The quantitative estimate of drug-likeness (QED) is 0.792. The van der Waals surface area contributed by atoms with Gasteiger partial charge in [0.05, 0.1) is 0 Å². The molecular formula is C18H37N3. The van der Waals surface area contributed by atoms with E-state index >= 15 is 0 Å². The Morgan fingerprint density at radius 2 is 1.81 bits per heavy atom. The fourth-order valence-corrected chi connectivity index (χ4v) is 4.44. The highest BCUT2D eigenvalue weighted by atomic mass is 15.3. The van der Waals surface area contributed by atoms with E-state index in [2.05, 4.69) is 30.6 Å². The molecule has 124 valence electrons. The van der Waals surface area contributed by atoms with Gasteiger partial charge in [0, 0.05) is 44.8 Å². The van der Waals surface area contributed by atoms with Gasteiger partial charge in [-0.1, -0.05) is 40.0 Å². The maximum atomic E-state index is 6.29. The average Bonchev–Trinajstić information content (AvgIpc) is 2.70. The molecule has 2 N–H and O–H groups in total. The van der Waals surface area contributed by atoms with Crippen molar-refractivity contribution < 1.29 is 0 Å². The molecule has 1 saturated carbocycles. The molecule has 2 unspecified atom stereocenters. The fraction of sp³-hybridized carbons (Fsp3) is 1.00. The van der Waals surface area contributed by atoms with Gasteiger partial charge >= 0.3 is 0 Å². The molecule has 1 heterocycles. The van der Waals surface area contributed by atoms with E-state index in [9.17, 15) is 0 Å². The van der Waals surface area contributed by atoms with E-state index in [4.69, 9.17) is 5.73 Å². The third-order valence-electron chi connectivity index (χ3n) is 5.90.